The Morgan fingerprint density at radius 2 is 1.79 bits per heavy atom. The summed E-state index contributed by atoms with van der Waals surface area (Å²) in [5.74, 6) is 0.299. The van der Waals surface area contributed by atoms with E-state index in [2.05, 4.69) is 15.6 Å². The van der Waals surface area contributed by atoms with Crippen LogP contribution in [0, 0.1) is 17.7 Å². The van der Waals surface area contributed by atoms with Crippen molar-refractivity contribution in [3.63, 3.8) is 0 Å². The Morgan fingerprint density at radius 1 is 1.06 bits per heavy atom. The van der Waals surface area contributed by atoms with Gasteiger partial charge in [-0.15, -0.1) is 0 Å². The molecule has 0 saturated heterocycles. The fourth-order valence-electron chi connectivity index (χ4n) is 6.83. The average Bonchev–Trinajstić information content (AvgIpc) is 3.13. The van der Waals surface area contributed by atoms with Crippen LogP contribution in [0.1, 0.15) is 48.9 Å². The molecule has 4 saturated carbocycles. The second kappa shape index (κ2) is 7.70. The van der Waals surface area contributed by atoms with E-state index < -0.39 is 23.0 Å². The van der Waals surface area contributed by atoms with E-state index in [-0.39, 0.29) is 11.8 Å². The zero-order valence-corrected chi connectivity index (χ0v) is 19.1. The van der Waals surface area contributed by atoms with Gasteiger partial charge in [-0.25, -0.2) is 9.18 Å². The molecule has 2 heterocycles. The maximum Gasteiger partial charge on any atom is 0.414 e. The maximum atomic E-state index is 13.6. The standard InChI is InChI=1S/C25H24ClFN4O3/c26-18-4-5-20-28-21(13-31(20)12-18)34-23(33)30-25-10-15-6-16(11-25)9-24(8-15,14-25)29-22(32)17-2-1-3-19(27)7-17/h1-5,7,12-13,15-16H,6,8-11,14H2,(H,29,32)(H,30,33). The van der Waals surface area contributed by atoms with Gasteiger partial charge in [0.15, 0.2) is 0 Å². The second-order valence-electron chi connectivity index (χ2n) is 10.2. The molecule has 2 unspecified atom stereocenters. The Hall–Kier alpha value is -3.13. The van der Waals surface area contributed by atoms with Crippen molar-refractivity contribution in [3.8, 4) is 5.88 Å². The normalized spacial score (nSPS) is 29.2. The van der Waals surface area contributed by atoms with Crippen molar-refractivity contribution >= 4 is 29.2 Å². The number of carbonyl (C=O) groups is 2. The number of carbonyl (C=O) groups excluding carboxylic acids is 2. The molecule has 0 aliphatic heterocycles. The van der Waals surface area contributed by atoms with E-state index in [1.807, 2.05) is 0 Å². The third-order valence-corrected chi connectivity index (χ3v) is 7.71. The summed E-state index contributed by atoms with van der Waals surface area (Å²) in [6.07, 6.45) is 7.94. The molecule has 2 amide bonds. The number of imidazole rings is 1. The van der Waals surface area contributed by atoms with E-state index in [0.29, 0.717) is 34.5 Å². The number of ether oxygens (including phenoxy) is 1. The lowest BCUT2D eigenvalue weighted by molar-refractivity contribution is -0.0449. The van der Waals surface area contributed by atoms with Crippen LogP contribution in [0.5, 0.6) is 5.88 Å². The van der Waals surface area contributed by atoms with E-state index in [1.165, 1.54) is 18.2 Å². The van der Waals surface area contributed by atoms with Gasteiger partial charge in [0.2, 0.25) is 5.88 Å². The number of aromatic nitrogens is 2. The van der Waals surface area contributed by atoms with Crippen molar-refractivity contribution in [2.24, 2.45) is 11.8 Å². The molecule has 0 spiro atoms. The minimum Gasteiger partial charge on any atom is -0.390 e. The minimum absolute atomic E-state index is 0.193. The summed E-state index contributed by atoms with van der Waals surface area (Å²) in [7, 11) is 0. The zero-order chi connectivity index (χ0) is 23.5. The van der Waals surface area contributed by atoms with Crippen molar-refractivity contribution in [3.05, 3.63) is 65.2 Å². The Kier molecular flexibility index (Phi) is 4.85. The summed E-state index contributed by atoms with van der Waals surface area (Å²) in [4.78, 5) is 30.2. The van der Waals surface area contributed by atoms with Gasteiger partial charge >= 0.3 is 6.09 Å². The molecule has 176 valence electrons. The summed E-state index contributed by atoms with van der Waals surface area (Å²) in [5.41, 5.74) is 0.0737. The van der Waals surface area contributed by atoms with Crippen LogP contribution >= 0.6 is 11.6 Å². The van der Waals surface area contributed by atoms with E-state index >= 15 is 0 Å². The molecule has 4 aliphatic carbocycles. The SMILES string of the molecule is O=C(NC12CC3CC(C1)CC(NC(=O)c1cccc(F)c1)(C3)C2)Oc1cn2cc(Cl)ccc2n1. The first-order chi connectivity index (χ1) is 16.3. The number of nitrogens with zero attached hydrogens (tertiary/aromatic N) is 2. The van der Waals surface area contributed by atoms with Crippen LogP contribution in [0.2, 0.25) is 5.02 Å². The minimum atomic E-state index is -0.553. The van der Waals surface area contributed by atoms with Gasteiger partial charge in [0.25, 0.3) is 5.91 Å². The highest BCUT2D eigenvalue weighted by Gasteiger charge is 2.59. The number of fused-ring (bicyclic) bond motifs is 1. The van der Waals surface area contributed by atoms with Gasteiger partial charge in [0.1, 0.15) is 11.5 Å². The predicted molar refractivity (Wildman–Crippen MR) is 123 cm³/mol. The summed E-state index contributed by atoms with van der Waals surface area (Å²) in [6.45, 7) is 0. The molecular weight excluding hydrogens is 459 g/mol. The fourth-order valence-corrected chi connectivity index (χ4v) is 6.99. The van der Waals surface area contributed by atoms with Crippen LogP contribution in [0.3, 0.4) is 0 Å². The average molecular weight is 483 g/mol. The number of hydrogen-bond donors (Lipinski definition) is 2. The Labute approximate surface area is 200 Å². The lowest BCUT2D eigenvalue weighted by atomic mass is 9.50. The molecule has 4 aliphatic rings. The topological polar surface area (TPSA) is 84.7 Å². The van der Waals surface area contributed by atoms with Crippen molar-refractivity contribution in [1.29, 1.82) is 0 Å². The quantitative estimate of drug-likeness (QED) is 0.562. The first-order valence-corrected chi connectivity index (χ1v) is 11.9. The molecular formula is C25H24ClFN4O3. The molecule has 0 radical (unpaired) electrons. The summed E-state index contributed by atoms with van der Waals surface area (Å²) < 4.78 is 20.9. The third-order valence-electron chi connectivity index (χ3n) is 7.48. The molecule has 9 heteroatoms. The van der Waals surface area contributed by atoms with E-state index in [4.69, 9.17) is 16.3 Å². The van der Waals surface area contributed by atoms with Crippen LogP contribution < -0.4 is 15.4 Å². The number of rotatable bonds is 4. The van der Waals surface area contributed by atoms with Crippen LogP contribution in [0.25, 0.3) is 5.65 Å². The van der Waals surface area contributed by atoms with Gasteiger partial charge in [0, 0.05) is 22.8 Å². The number of pyridine rings is 1. The Bertz CT molecular complexity index is 1290. The number of halogens is 2. The lowest BCUT2D eigenvalue weighted by Gasteiger charge is -2.62. The highest BCUT2D eigenvalue weighted by Crippen LogP contribution is 2.57. The summed E-state index contributed by atoms with van der Waals surface area (Å²) >= 11 is 6.02. The first-order valence-electron chi connectivity index (χ1n) is 11.5. The number of hydrogen-bond acceptors (Lipinski definition) is 4. The van der Waals surface area contributed by atoms with Crippen molar-refractivity contribution in [2.75, 3.05) is 0 Å². The smallest absolute Gasteiger partial charge is 0.390 e. The molecule has 2 aromatic heterocycles. The number of nitrogens with one attached hydrogen (secondary N) is 2. The molecule has 4 bridgehead atoms. The summed E-state index contributed by atoms with van der Waals surface area (Å²) in [6, 6.07) is 9.20. The van der Waals surface area contributed by atoms with Gasteiger partial charge in [-0.2, -0.15) is 4.98 Å². The molecule has 7 rings (SSSR count). The molecule has 3 aromatic rings. The third kappa shape index (κ3) is 3.90. The molecule has 34 heavy (non-hydrogen) atoms. The molecule has 2 N–H and O–H groups in total. The van der Waals surface area contributed by atoms with E-state index in [1.54, 1.807) is 35.0 Å². The Balaban J connectivity index is 1.19. The largest absolute Gasteiger partial charge is 0.414 e. The Morgan fingerprint density at radius 3 is 2.53 bits per heavy atom. The lowest BCUT2D eigenvalue weighted by Crippen LogP contribution is -2.70. The monoisotopic (exact) mass is 482 g/mol. The first kappa shape index (κ1) is 21.4. The highest BCUT2D eigenvalue weighted by atomic mass is 35.5. The van der Waals surface area contributed by atoms with Gasteiger partial charge in [0.05, 0.1) is 11.2 Å². The number of benzene rings is 1. The van der Waals surface area contributed by atoms with Crippen LogP contribution in [0.4, 0.5) is 9.18 Å². The predicted octanol–water partition coefficient (Wildman–Crippen LogP) is 4.74. The van der Waals surface area contributed by atoms with Gasteiger partial charge in [-0.05, 0) is 80.7 Å². The van der Waals surface area contributed by atoms with Gasteiger partial charge < -0.3 is 19.8 Å². The van der Waals surface area contributed by atoms with Crippen molar-refractivity contribution < 1.29 is 18.7 Å². The summed E-state index contributed by atoms with van der Waals surface area (Å²) in [5, 5.41) is 6.90. The molecule has 7 nitrogen and oxygen atoms in total. The van der Waals surface area contributed by atoms with E-state index in [9.17, 15) is 14.0 Å². The molecule has 1 aromatic carbocycles. The van der Waals surface area contributed by atoms with Crippen LogP contribution in [-0.4, -0.2) is 32.5 Å². The van der Waals surface area contributed by atoms with Crippen molar-refractivity contribution in [2.45, 2.75) is 49.6 Å². The zero-order valence-electron chi connectivity index (χ0n) is 18.4. The number of amides is 2. The molecule has 4 fully saturated rings. The highest BCUT2D eigenvalue weighted by molar-refractivity contribution is 6.30. The fraction of sp³-hybridized carbons (Fsp3) is 0.400. The van der Waals surface area contributed by atoms with Crippen molar-refractivity contribution in [1.82, 2.24) is 20.0 Å². The van der Waals surface area contributed by atoms with Gasteiger partial charge in [-0.3, -0.25) is 4.79 Å². The van der Waals surface area contributed by atoms with Crippen LogP contribution in [-0.2, 0) is 0 Å². The van der Waals surface area contributed by atoms with Crippen LogP contribution in [0.15, 0.2) is 48.8 Å². The maximum absolute atomic E-state index is 13.6. The molecule has 2 atom stereocenters. The van der Waals surface area contributed by atoms with Gasteiger partial charge in [-0.1, -0.05) is 17.7 Å². The van der Waals surface area contributed by atoms with E-state index in [0.717, 1.165) is 32.1 Å². The second-order valence-corrected chi connectivity index (χ2v) is 10.6.